The normalized spacial score (nSPS) is 20.7. The molecule has 0 saturated carbocycles. The molecule has 148 valence electrons. The number of rotatable bonds is 4. The molecule has 0 fully saturated rings. The predicted molar refractivity (Wildman–Crippen MR) is 129 cm³/mol. The van der Waals surface area contributed by atoms with Crippen LogP contribution in [0.25, 0.3) is 0 Å². The van der Waals surface area contributed by atoms with Gasteiger partial charge in [0.05, 0.1) is 17.6 Å². The van der Waals surface area contributed by atoms with E-state index in [0.29, 0.717) is 5.92 Å². The number of benzene rings is 2. The summed E-state index contributed by atoms with van der Waals surface area (Å²) in [6, 6.07) is 20.6. The van der Waals surface area contributed by atoms with Crippen molar-refractivity contribution in [3.63, 3.8) is 0 Å². The van der Waals surface area contributed by atoms with E-state index in [-0.39, 0.29) is 0 Å². The van der Waals surface area contributed by atoms with Gasteiger partial charge in [0.2, 0.25) is 0 Å². The molecule has 0 radical (unpaired) electrons. The number of para-hydroxylation sites is 2. The number of allylic oxidation sites excluding steroid dienone is 14. The Morgan fingerprint density at radius 3 is 2.26 bits per heavy atom. The maximum absolute atomic E-state index is 4.95. The number of hydrogen-bond acceptors (Lipinski definition) is 2. The summed E-state index contributed by atoms with van der Waals surface area (Å²) in [6.45, 7) is 0. The van der Waals surface area contributed by atoms with E-state index in [2.05, 4.69) is 72.9 Å². The first-order valence-corrected chi connectivity index (χ1v) is 10.7. The summed E-state index contributed by atoms with van der Waals surface area (Å²) in [5, 5.41) is 6.95. The fourth-order valence-electron chi connectivity index (χ4n) is 4.78. The maximum Gasteiger partial charge on any atom is 0.0652 e. The lowest BCUT2D eigenvalue weighted by atomic mass is 9.67. The lowest BCUT2D eigenvalue weighted by molar-refractivity contribution is 0.830. The Hall–Kier alpha value is -3.91. The molecule has 0 heterocycles. The van der Waals surface area contributed by atoms with Crippen LogP contribution in [0, 0.1) is 5.92 Å². The van der Waals surface area contributed by atoms with Crippen molar-refractivity contribution < 1.29 is 0 Å². The van der Waals surface area contributed by atoms with E-state index >= 15 is 0 Å². The van der Waals surface area contributed by atoms with Crippen LogP contribution < -0.4 is 5.01 Å². The molecule has 0 bridgehead atoms. The largest absolute Gasteiger partial charge is 0.234 e. The predicted octanol–water partition coefficient (Wildman–Crippen LogP) is 6.99. The lowest BCUT2D eigenvalue weighted by Crippen LogP contribution is -2.23. The third kappa shape index (κ3) is 3.08. The second kappa shape index (κ2) is 7.41. The van der Waals surface area contributed by atoms with Crippen LogP contribution in [0.5, 0.6) is 0 Å². The van der Waals surface area contributed by atoms with E-state index in [4.69, 9.17) is 5.10 Å². The van der Waals surface area contributed by atoms with E-state index in [0.717, 1.165) is 23.4 Å². The molecular weight excluding hydrogens is 376 g/mol. The van der Waals surface area contributed by atoms with Crippen molar-refractivity contribution in [1.29, 1.82) is 0 Å². The van der Waals surface area contributed by atoms with E-state index in [1.165, 1.54) is 27.9 Å². The third-order valence-electron chi connectivity index (χ3n) is 6.25. The van der Waals surface area contributed by atoms with Crippen LogP contribution in [0.15, 0.2) is 148 Å². The molecule has 2 heteroatoms. The summed E-state index contributed by atoms with van der Waals surface area (Å²) in [4.78, 5) is 0. The van der Waals surface area contributed by atoms with Gasteiger partial charge in [-0.2, -0.15) is 5.10 Å². The Morgan fingerprint density at radius 2 is 1.52 bits per heavy atom. The Kier molecular flexibility index (Phi) is 4.28. The van der Waals surface area contributed by atoms with Gasteiger partial charge in [-0.15, -0.1) is 0 Å². The van der Waals surface area contributed by atoms with Crippen molar-refractivity contribution >= 4 is 17.6 Å². The molecule has 0 N–H and O–H groups in total. The number of nitrogens with zero attached hydrogens (tertiary/aromatic N) is 2. The molecule has 1 atom stereocenters. The molecule has 6 rings (SSSR count). The number of hydrogen-bond donors (Lipinski definition) is 0. The Morgan fingerprint density at radius 1 is 0.774 bits per heavy atom. The fraction of sp³-hybridized carbons (Fsp3) is 0.0690. The van der Waals surface area contributed by atoms with Gasteiger partial charge in [0, 0.05) is 5.92 Å². The SMILES string of the molecule is C1=CC2=CC=C3C(C=NN(c4ccccc4)c4ccccc4)=CC=C4C=CC(=C2C43)C1. The van der Waals surface area contributed by atoms with Crippen molar-refractivity contribution in [2.75, 3.05) is 5.01 Å². The minimum absolute atomic E-state index is 0.318. The molecule has 0 amide bonds. The van der Waals surface area contributed by atoms with Crippen LogP contribution in [-0.4, -0.2) is 6.21 Å². The second-order valence-corrected chi connectivity index (χ2v) is 8.07. The quantitative estimate of drug-likeness (QED) is 0.400. The first-order chi connectivity index (χ1) is 15.4. The topological polar surface area (TPSA) is 15.6 Å². The van der Waals surface area contributed by atoms with Gasteiger partial charge in [0.1, 0.15) is 0 Å². The van der Waals surface area contributed by atoms with E-state index in [1.807, 2.05) is 47.6 Å². The van der Waals surface area contributed by atoms with Crippen molar-refractivity contribution in [2.24, 2.45) is 11.0 Å². The summed E-state index contributed by atoms with van der Waals surface area (Å²) in [5.41, 5.74) is 10.2. The lowest BCUT2D eigenvalue weighted by Gasteiger charge is -2.36. The number of anilines is 2. The zero-order valence-corrected chi connectivity index (χ0v) is 17.1. The van der Waals surface area contributed by atoms with E-state index in [9.17, 15) is 0 Å². The Bertz CT molecular complexity index is 1240. The maximum atomic E-state index is 4.95. The first kappa shape index (κ1) is 17.9. The number of hydrazone groups is 1. The molecule has 4 aliphatic rings. The highest BCUT2D eigenvalue weighted by molar-refractivity contribution is 5.90. The fourth-order valence-corrected chi connectivity index (χ4v) is 4.78. The summed E-state index contributed by atoms with van der Waals surface area (Å²) in [7, 11) is 0. The van der Waals surface area contributed by atoms with Gasteiger partial charge < -0.3 is 0 Å². The van der Waals surface area contributed by atoms with E-state index in [1.54, 1.807) is 0 Å². The standard InChI is InChI=1S/C29H22N2/c1-3-10-25(11-4-1)31(26-12-5-2-6-13-26)30-20-24-17-16-23-15-14-21-8-7-9-22-18-19-27(24)29(23)28(21)22/h1-7,9-20,29H,8H2. The zero-order chi connectivity index (χ0) is 20.6. The molecule has 0 spiro atoms. The molecular formula is C29H22N2. The van der Waals surface area contributed by atoms with Crippen molar-refractivity contribution in [3.05, 3.63) is 143 Å². The Labute approximate surface area is 182 Å². The summed E-state index contributed by atoms with van der Waals surface area (Å²) in [6.07, 6.45) is 21.1. The molecule has 2 nitrogen and oxygen atoms in total. The van der Waals surface area contributed by atoms with Gasteiger partial charge >= 0.3 is 0 Å². The summed E-state index contributed by atoms with van der Waals surface area (Å²) < 4.78 is 0. The van der Waals surface area contributed by atoms with Gasteiger partial charge in [0.25, 0.3) is 0 Å². The first-order valence-electron chi connectivity index (χ1n) is 10.7. The molecule has 1 unspecified atom stereocenters. The van der Waals surface area contributed by atoms with Crippen molar-refractivity contribution in [2.45, 2.75) is 6.42 Å². The molecule has 0 saturated heterocycles. The molecule has 4 aliphatic carbocycles. The van der Waals surface area contributed by atoms with Gasteiger partial charge in [-0.3, -0.25) is 0 Å². The molecule has 31 heavy (non-hydrogen) atoms. The second-order valence-electron chi connectivity index (χ2n) is 8.07. The van der Waals surface area contributed by atoms with Gasteiger partial charge in [0.15, 0.2) is 0 Å². The van der Waals surface area contributed by atoms with Crippen LogP contribution in [0.3, 0.4) is 0 Å². The smallest absolute Gasteiger partial charge is 0.0652 e. The van der Waals surface area contributed by atoms with E-state index < -0.39 is 0 Å². The highest BCUT2D eigenvalue weighted by atomic mass is 15.5. The zero-order valence-electron chi connectivity index (χ0n) is 17.1. The van der Waals surface area contributed by atoms with Gasteiger partial charge in [-0.05, 0) is 64.1 Å². The molecule has 0 aromatic heterocycles. The van der Waals surface area contributed by atoms with Gasteiger partial charge in [-0.25, -0.2) is 5.01 Å². The van der Waals surface area contributed by atoms with Crippen molar-refractivity contribution in [3.8, 4) is 0 Å². The minimum atomic E-state index is 0.318. The monoisotopic (exact) mass is 398 g/mol. The molecule has 0 aliphatic heterocycles. The highest BCUT2D eigenvalue weighted by Gasteiger charge is 2.34. The molecule has 2 aromatic carbocycles. The van der Waals surface area contributed by atoms with Crippen LogP contribution in [0.2, 0.25) is 0 Å². The van der Waals surface area contributed by atoms with Crippen LogP contribution in [-0.2, 0) is 0 Å². The van der Waals surface area contributed by atoms with Crippen LogP contribution >= 0.6 is 0 Å². The van der Waals surface area contributed by atoms with Crippen LogP contribution in [0.4, 0.5) is 11.4 Å². The minimum Gasteiger partial charge on any atom is -0.234 e. The Balaban J connectivity index is 1.41. The molecule has 2 aromatic rings. The third-order valence-corrected chi connectivity index (χ3v) is 6.25. The average Bonchev–Trinajstić information content (AvgIpc) is 2.84. The average molecular weight is 399 g/mol. The highest BCUT2D eigenvalue weighted by Crippen LogP contribution is 2.48. The van der Waals surface area contributed by atoms with Gasteiger partial charge in [-0.1, -0.05) is 85.0 Å². The summed E-state index contributed by atoms with van der Waals surface area (Å²) in [5.74, 6) is 0.318. The van der Waals surface area contributed by atoms with Crippen LogP contribution in [0.1, 0.15) is 6.42 Å². The summed E-state index contributed by atoms with van der Waals surface area (Å²) >= 11 is 0. The van der Waals surface area contributed by atoms with Crippen molar-refractivity contribution in [1.82, 2.24) is 0 Å².